The number of nitrogens with zero attached hydrogens (tertiary/aromatic N) is 1. The van der Waals surface area contributed by atoms with Gasteiger partial charge in [0.15, 0.2) is 0 Å². The molecular weight excluding hydrogens is 328 g/mol. The molecular formula is C21H30N2O3. The molecule has 5 nitrogen and oxygen atoms in total. The number of rotatable bonds is 5. The maximum absolute atomic E-state index is 12.7. The number of nitrogens with one attached hydrogen (secondary N) is 1. The summed E-state index contributed by atoms with van der Waals surface area (Å²) in [5, 5.41) is 3.00. The van der Waals surface area contributed by atoms with Crippen LogP contribution in [0.1, 0.15) is 61.9 Å². The van der Waals surface area contributed by atoms with Gasteiger partial charge in [-0.3, -0.25) is 9.59 Å². The highest BCUT2D eigenvalue weighted by atomic mass is 16.5. The Morgan fingerprint density at radius 3 is 2.31 bits per heavy atom. The van der Waals surface area contributed by atoms with Crippen LogP contribution in [0.3, 0.4) is 0 Å². The molecule has 0 spiro atoms. The molecule has 142 valence electrons. The Morgan fingerprint density at radius 1 is 1.08 bits per heavy atom. The van der Waals surface area contributed by atoms with Crippen LogP contribution in [0.5, 0.6) is 0 Å². The Hall–Kier alpha value is -1.88. The van der Waals surface area contributed by atoms with Crippen molar-refractivity contribution in [2.45, 2.75) is 64.7 Å². The van der Waals surface area contributed by atoms with Crippen molar-refractivity contribution in [2.24, 2.45) is 5.92 Å². The lowest BCUT2D eigenvalue weighted by Crippen LogP contribution is -2.48. The molecule has 1 saturated carbocycles. The van der Waals surface area contributed by atoms with Crippen molar-refractivity contribution in [3.8, 4) is 0 Å². The van der Waals surface area contributed by atoms with Crippen molar-refractivity contribution in [2.75, 3.05) is 13.1 Å². The first kappa shape index (κ1) is 18.9. The third kappa shape index (κ3) is 5.07. The Morgan fingerprint density at radius 2 is 1.69 bits per heavy atom. The van der Waals surface area contributed by atoms with E-state index in [1.165, 1.54) is 25.7 Å². The number of hydrogen-bond acceptors (Lipinski definition) is 3. The Balaban J connectivity index is 1.49. The average molecular weight is 358 g/mol. The zero-order chi connectivity index (χ0) is 18.5. The number of benzene rings is 1. The molecule has 0 aromatic heterocycles. The van der Waals surface area contributed by atoms with E-state index in [2.05, 4.69) is 5.32 Å². The molecule has 1 saturated heterocycles. The summed E-state index contributed by atoms with van der Waals surface area (Å²) in [4.78, 5) is 26.6. The molecule has 2 amide bonds. The van der Waals surface area contributed by atoms with Crippen molar-refractivity contribution in [1.29, 1.82) is 0 Å². The zero-order valence-electron chi connectivity index (χ0n) is 15.9. The summed E-state index contributed by atoms with van der Waals surface area (Å²) in [7, 11) is 0. The Bertz CT molecular complexity index is 613. The van der Waals surface area contributed by atoms with Gasteiger partial charge in [0, 0.05) is 31.6 Å². The second-order valence-corrected chi connectivity index (χ2v) is 7.80. The molecule has 1 aromatic rings. The quantitative estimate of drug-likeness (QED) is 0.880. The van der Waals surface area contributed by atoms with Gasteiger partial charge < -0.3 is 15.0 Å². The molecule has 1 aliphatic carbocycles. The number of amides is 2. The number of morpholine rings is 1. The SMILES string of the molecule is C[C@@H]1CN(C(=O)c2ccc(CNC(=O)CC3CCCC3)cc2)C[C@H](C)O1. The Labute approximate surface area is 156 Å². The Kier molecular flexibility index (Phi) is 6.30. The lowest BCUT2D eigenvalue weighted by molar-refractivity contribution is -0.122. The van der Waals surface area contributed by atoms with Crippen molar-refractivity contribution in [3.05, 3.63) is 35.4 Å². The van der Waals surface area contributed by atoms with E-state index in [9.17, 15) is 9.59 Å². The van der Waals surface area contributed by atoms with Crippen molar-refractivity contribution >= 4 is 11.8 Å². The smallest absolute Gasteiger partial charge is 0.254 e. The molecule has 3 rings (SSSR count). The van der Waals surface area contributed by atoms with Crippen LogP contribution in [0.25, 0.3) is 0 Å². The van der Waals surface area contributed by atoms with E-state index < -0.39 is 0 Å². The number of hydrogen-bond donors (Lipinski definition) is 1. The lowest BCUT2D eigenvalue weighted by atomic mass is 10.0. The fourth-order valence-electron chi connectivity index (χ4n) is 4.04. The van der Waals surface area contributed by atoms with E-state index >= 15 is 0 Å². The molecule has 1 aliphatic heterocycles. The summed E-state index contributed by atoms with van der Waals surface area (Å²) < 4.78 is 5.69. The first-order chi connectivity index (χ1) is 12.5. The van der Waals surface area contributed by atoms with Crippen LogP contribution in [0.15, 0.2) is 24.3 Å². The second kappa shape index (κ2) is 8.67. The van der Waals surface area contributed by atoms with E-state index in [1.54, 1.807) is 0 Å². The van der Waals surface area contributed by atoms with Crippen LogP contribution < -0.4 is 5.32 Å². The van der Waals surface area contributed by atoms with Gasteiger partial charge in [0.2, 0.25) is 5.91 Å². The molecule has 0 unspecified atom stereocenters. The third-order valence-corrected chi connectivity index (χ3v) is 5.35. The van der Waals surface area contributed by atoms with Crippen LogP contribution in [0.2, 0.25) is 0 Å². The molecule has 1 aromatic carbocycles. The van der Waals surface area contributed by atoms with Crippen molar-refractivity contribution < 1.29 is 14.3 Å². The maximum Gasteiger partial charge on any atom is 0.254 e. The summed E-state index contributed by atoms with van der Waals surface area (Å²) in [5.74, 6) is 0.741. The van der Waals surface area contributed by atoms with Gasteiger partial charge in [-0.05, 0) is 50.3 Å². The largest absolute Gasteiger partial charge is 0.372 e. The van der Waals surface area contributed by atoms with Crippen LogP contribution in [-0.4, -0.2) is 42.0 Å². The first-order valence-electron chi connectivity index (χ1n) is 9.81. The van der Waals surface area contributed by atoms with Crippen molar-refractivity contribution in [1.82, 2.24) is 10.2 Å². The minimum absolute atomic E-state index is 0.0452. The fraction of sp³-hybridized carbons (Fsp3) is 0.619. The van der Waals surface area contributed by atoms with Crippen LogP contribution >= 0.6 is 0 Å². The molecule has 0 bridgehead atoms. The third-order valence-electron chi connectivity index (χ3n) is 5.35. The summed E-state index contributed by atoms with van der Waals surface area (Å²) in [6, 6.07) is 7.56. The van der Waals surface area contributed by atoms with Crippen LogP contribution in [0.4, 0.5) is 0 Å². The first-order valence-corrected chi connectivity index (χ1v) is 9.81. The highest BCUT2D eigenvalue weighted by molar-refractivity contribution is 5.94. The molecule has 1 N–H and O–H groups in total. The lowest BCUT2D eigenvalue weighted by Gasteiger charge is -2.35. The predicted molar refractivity (Wildman–Crippen MR) is 101 cm³/mol. The second-order valence-electron chi connectivity index (χ2n) is 7.80. The maximum atomic E-state index is 12.7. The predicted octanol–water partition coefficient (Wildman–Crippen LogP) is 3.13. The van der Waals surface area contributed by atoms with E-state index in [-0.39, 0.29) is 24.0 Å². The highest BCUT2D eigenvalue weighted by Crippen LogP contribution is 2.27. The zero-order valence-corrected chi connectivity index (χ0v) is 15.9. The minimum Gasteiger partial charge on any atom is -0.372 e. The van der Waals surface area contributed by atoms with Gasteiger partial charge in [-0.1, -0.05) is 25.0 Å². The van der Waals surface area contributed by atoms with Crippen LogP contribution in [0, 0.1) is 5.92 Å². The number of ether oxygens (including phenoxy) is 1. The molecule has 5 heteroatoms. The summed E-state index contributed by atoms with van der Waals surface area (Å²) in [5.41, 5.74) is 1.71. The number of carbonyl (C=O) groups is 2. The van der Waals surface area contributed by atoms with E-state index in [0.717, 1.165) is 5.56 Å². The summed E-state index contributed by atoms with van der Waals surface area (Å²) in [6.07, 6.45) is 5.66. The molecule has 2 aliphatic rings. The minimum atomic E-state index is 0.0452. The molecule has 26 heavy (non-hydrogen) atoms. The molecule has 0 radical (unpaired) electrons. The van der Waals surface area contributed by atoms with Crippen molar-refractivity contribution in [3.63, 3.8) is 0 Å². The van der Waals surface area contributed by atoms with E-state index in [4.69, 9.17) is 4.74 Å². The highest BCUT2D eigenvalue weighted by Gasteiger charge is 2.26. The average Bonchev–Trinajstić information content (AvgIpc) is 3.12. The monoisotopic (exact) mass is 358 g/mol. The summed E-state index contributed by atoms with van der Waals surface area (Å²) >= 11 is 0. The van der Waals surface area contributed by atoms with Gasteiger partial charge in [-0.2, -0.15) is 0 Å². The molecule has 2 atom stereocenters. The van der Waals surface area contributed by atoms with Gasteiger partial charge in [-0.25, -0.2) is 0 Å². The topological polar surface area (TPSA) is 58.6 Å². The summed E-state index contributed by atoms with van der Waals surface area (Å²) in [6.45, 7) is 5.76. The van der Waals surface area contributed by atoms with E-state index in [0.29, 0.717) is 37.5 Å². The van der Waals surface area contributed by atoms with Gasteiger partial charge in [0.25, 0.3) is 5.91 Å². The number of carbonyl (C=O) groups excluding carboxylic acids is 2. The van der Waals surface area contributed by atoms with Crippen LogP contribution in [-0.2, 0) is 16.1 Å². The van der Waals surface area contributed by atoms with E-state index in [1.807, 2.05) is 43.0 Å². The molecule has 2 fully saturated rings. The standard InChI is InChI=1S/C21H30N2O3/c1-15-13-23(14-16(2)26-15)21(25)19-9-7-18(8-10-19)12-22-20(24)11-17-5-3-4-6-17/h7-10,15-17H,3-6,11-14H2,1-2H3,(H,22,24)/t15-,16+. The normalized spacial score (nSPS) is 23.8. The van der Waals surface area contributed by atoms with Gasteiger partial charge in [0.1, 0.15) is 0 Å². The van der Waals surface area contributed by atoms with Gasteiger partial charge >= 0.3 is 0 Å². The van der Waals surface area contributed by atoms with Gasteiger partial charge in [0.05, 0.1) is 12.2 Å². The molecule has 1 heterocycles. The van der Waals surface area contributed by atoms with Gasteiger partial charge in [-0.15, -0.1) is 0 Å². The fourth-order valence-corrected chi connectivity index (χ4v) is 4.04.